The van der Waals surface area contributed by atoms with Gasteiger partial charge in [0.05, 0.1) is 5.39 Å². The van der Waals surface area contributed by atoms with Gasteiger partial charge in [-0.05, 0) is 60.9 Å². The maximum Gasteiger partial charge on any atom is 0.339 e. The Morgan fingerprint density at radius 3 is 2.70 bits per heavy atom. The van der Waals surface area contributed by atoms with Gasteiger partial charge in [-0.25, -0.2) is 4.79 Å². The van der Waals surface area contributed by atoms with Crippen molar-refractivity contribution in [1.29, 1.82) is 0 Å². The number of phenolic OH excluding ortho intramolecular Hbond substituents is 1. The fourth-order valence-corrected chi connectivity index (χ4v) is 3.71. The Morgan fingerprint density at radius 2 is 1.91 bits per heavy atom. The molecule has 3 nitrogen and oxygen atoms in total. The van der Waals surface area contributed by atoms with Crippen LogP contribution in [-0.2, 0) is 12.8 Å². The molecule has 1 unspecified atom stereocenters. The highest BCUT2D eigenvalue weighted by molar-refractivity contribution is 5.88. The number of rotatable bonds is 1. The molecule has 0 aliphatic heterocycles. The molecule has 0 saturated heterocycles. The average molecular weight is 306 g/mol. The SMILES string of the molecule is Cc1cc(O)c2c3c(c(=O)oc2c1)CC(c1ccccc1)CC3. The first-order chi connectivity index (χ1) is 11.1. The van der Waals surface area contributed by atoms with Gasteiger partial charge in [-0.2, -0.15) is 0 Å². The maximum atomic E-state index is 12.4. The van der Waals surface area contributed by atoms with Crippen molar-refractivity contribution in [3.8, 4) is 5.75 Å². The van der Waals surface area contributed by atoms with Crippen LogP contribution in [0.2, 0.25) is 0 Å². The highest BCUT2D eigenvalue weighted by atomic mass is 16.4. The second kappa shape index (κ2) is 5.27. The fourth-order valence-electron chi connectivity index (χ4n) is 3.71. The Balaban J connectivity index is 1.87. The van der Waals surface area contributed by atoms with Crippen LogP contribution in [0.3, 0.4) is 0 Å². The van der Waals surface area contributed by atoms with E-state index in [9.17, 15) is 9.90 Å². The second-order valence-corrected chi connectivity index (χ2v) is 6.35. The van der Waals surface area contributed by atoms with Gasteiger partial charge in [0.15, 0.2) is 0 Å². The Bertz CT molecular complexity index is 938. The Morgan fingerprint density at radius 1 is 1.13 bits per heavy atom. The average Bonchev–Trinajstić information content (AvgIpc) is 2.55. The zero-order valence-electron chi connectivity index (χ0n) is 13.0. The van der Waals surface area contributed by atoms with E-state index in [0.29, 0.717) is 23.3 Å². The molecule has 23 heavy (non-hydrogen) atoms. The van der Waals surface area contributed by atoms with Gasteiger partial charge in [0.1, 0.15) is 11.3 Å². The lowest BCUT2D eigenvalue weighted by atomic mass is 9.80. The summed E-state index contributed by atoms with van der Waals surface area (Å²) in [6.45, 7) is 1.88. The molecule has 2 aromatic carbocycles. The predicted molar refractivity (Wildman–Crippen MR) is 90.1 cm³/mol. The standard InChI is InChI=1S/C20H18O3/c1-12-9-17(21)19-15-8-7-14(13-5-3-2-4-6-13)11-16(15)20(22)23-18(19)10-12/h2-6,9-10,14,21H,7-8,11H2,1H3. The summed E-state index contributed by atoms with van der Waals surface area (Å²) in [5.74, 6) is 0.537. The lowest BCUT2D eigenvalue weighted by Crippen LogP contribution is -2.21. The van der Waals surface area contributed by atoms with Crippen LogP contribution in [0.4, 0.5) is 0 Å². The van der Waals surface area contributed by atoms with Crippen LogP contribution in [0.15, 0.2) is 51.7 Å². The number of fused-ring (bicyclic) bond motifs is 3. The van der Waals surface area contributed by atoms with Gasteiger partial charge in [-0.3, -0.25) is 0 Å². The molecule has 3 heteroatoms. The number of aryl methyl sites for hydroxylation is 2. The molecule has 1 aliphatic rings. The smallest absolute Gasteiger partial charge is 0.339 e. The molecule has 116 valence electrons. The molecule has 0 fully saturated rings. The summed E-state index contributed by atoms with van der Waals surface area (Å²) in [5, 5.41) is 11.0. The van der Waals surface area contributed by atoms with Gasteiger partial charge in [0, 0.05) is 5.56 Å². The van der Waals surface area contributed by atoms with E-state index < -0.39 is 0 Å². The van der Waals surface area contributed by atoms with E-state index in [1.165, 1.54) is 5.56 Å². The number of aromatic hydroxyl groups is 1. The molecule has 1 aliphatic carbocycles. The van der Waals surface area contributed by atoms with Crippen LogP contribution < -0.4 is 5.63 Å². The van der Waals surface area contributed by atoms with Crippen LogP contribution in [0.5, 0.6) is 5.75 Å². The summed E-state index contributed by atoms with van der Waals surface area (Å²) in [6.07, 6.45) is 2.43. The van der Waals surface area contributed by atoms with Crippen LogP contribution in [0, 0.1) is 6.92 Å². The second-order valence-electron chi connectivity index (χ2n) is 6.35. The molecule has 0 amide bonds. The van der Waals surface area contributed by atoms with Gasteiger partial charge in [0.2, 0.25) is 0 Å². The zero-order valence-corrected chi connectivity index (χ0v) is 13.0. The van der Waals surface area contributed by atoms with E-state index >= 15 is 0 Å². The van der Waals surface area contributed by atoms with E-state index in [2.05, 4.69) is 12.1 Å². The minimum Gasteiger partial charge on any atom is -0.507 e. The van der Waals surface area contributed by atoms with Gasteiger partial charge >= 0.3 is 5.63 Å². The Kier molecular flexibility index (Phi) is 3.22. The van der Waals surface area contributed by atoms with Gasteiger partial charge in [-0.1, -0.05) is 30.3 Å². The van der Waals surface area contributed by atoms with Crippen molar-refractivity contribution in [2.75, 3.05) is 0 Å². The lowest BCUT2D eigenvalue weighted by molar-refractivity contribution is 0.473. The molecule has 1 heterocycles. The Labute approximate surface area is 134 Å². The molecular weight excluding hydrogens is 288 g/mol. The highest BCUT2D eigenvalue weighted by Crippen LogP contribution is 2.37. The summed E-state index contributed by atoms with van der Waals surface area (Å²) in [7, 11) is 0. The molecule has 0 spiro atoms. The summed E-state index contributed by atoms with van der Waals surface area (Å²) < 4.78 is 5.49. The number of hydrogen-bond donors (Lipinski definition) is 1. The van der Waals surface area contributed by atoms with Crippen molar-refractivity contribution in [2.24, 2.45) is 0 Å². The third-order valence-corrected chi connectivity index (χ3v) is 4.81. The van der Waals surface area contributed by atoms with E-state index in [1.807, 2.05) is 31.2 Å². The number of hydrogen-bond acceptors (Lipinski definition) is 3. The van der Waals surface area contributed by atoms with Crippen LogP contribution >= 0.6 is 0 Å². The van der Waals surface area contributed by atoms with E-state index in [-0.39, 0.29) is 11.4 Å². The predicted octanol–water partition coefficient (Wildman–Crippen LogP) is 4.08. The maximum absolute atomic E-state index is 12.4. The highest BCUT2D eigenvalue weighted by Gasteiger charge is 2.26. The largest absolute Gasteiger partial charge is 0.507 e. The van der Waals surface area contributed by atoms with Crippen LogP contribution in [0.25, 0.3) is 11.0 Å². The molecule has 4 rings (SSSR count). The quantitative estimate of drug-likeness (QED) is 0.689. The number of phenols is 1. The van der Waals surface area contributed by atoms with Crippen molar-refractivity contribution in [3.63, 3.8) is 0 Å². The molecule has 1 aromatic heterocycles. The third kappa shape index (κ3) is 2.33. The summed E-state index contributed by atoms with van der Waals surface area (Å²) in [4.78, 5) is 12.4. The van der Waals surface area contributed by atoms with Crippen molar-refractivity contribution >= 4 is 11.0 Å². The lowest BCUT2D eigenvalue weighted by Gasteiger charge is -2.25. The summed E-state index contributed by atoms with van der Waals surface area (Å²) in [5.41, 5.74) is 4.04. The molecular formula is C20H18O3. The van der Waals surface area contributed by atoms with Crippen LogP contribution in [0.1, 0.15) is 34.6 Å². The minimum absolute atomic E-state index is 0.207. The van der Waals surface area contributed by atoms with Crippen molar-refractivity contribution in [1.82, 2.24) is 0 Å². The number of benzene rings is 2. The molecule has 1 N–H and O–H groups in total. The van der Waals surface area contributed by atoms with Crippen molar-refractivity contribution in [3.05, 3.63) is 75.1 Å². The molecule has 0 radical (unpaired) electrons. The van der Waals surface area contributed by atoms with E-state index in [1.54, 1.807) is 6.07 Å². The van der Waals surface area contributed by atoms with Crippen LogP contribution in [-0.4, -0.2) is 5.11 Å². The van der Waals surface area contributed by atoms with Gasteiger partial charge in [0.25, 0.3) is 0 Å². The molecule has 3 aromatic rings. The zero-order chi connectivity index (χ0) is 16.0. The fraction of sp³-hybridized carbons (Fsp3) is 0.250. The first-order valence-corrected chi connectivity index (χ1v) is 7.96. The Hall–Kier alpha value is -2.55. The first-order valence-electron chi connectivity index (χ1n) is 7.96. The van der Waals surface area contributed by atoms with E-state index in [4.69, 9.17) is 4.42 Å². The minimum atomic E-state index is -0.266. The van der Waals surface area contributed by atoms with Crippen molar-refractivity contribution in [2.45, 2.75) is 32.1 Å². The molecule has 0 bridgehead atoms. The van der Waals surface area contributed by atoms with Gasteiger partial charge in [-0.15, -0.1) is 0 Å². The topological polar surface area (TPSA) is 50.4 Å². The van der Waals surface area contributed by atoms with Gasteiger partial charge < -0.3 is 9.52 Å². The summed E-state index contributed by atoms with van der Waals surface area (Å²) in [6, 6.07) is 13.8. The monoisotopic (exact) mass is 306 g/mol. The molecule has 0 saturated carbocycles. The van der Waals surface area contributed by atoms with Crippen molar-refractivity contribution < 1.29 is 9.52 Å². The normalized spacial score (nSPS) is 17.2. The van der Waals surface area contributed by atoms with E-state index in [0.717, 1.165) is 29.5 Å². The summed E-state index contributed by atoms with van der Waals surface area (Å²) >= 11 is 0. The third-order valence-electron chi connectivity index (χ3n) is 4.81. The first kappa shape index (κ1) is 14.1. The molecule has 1 atom stereocenters.